The van der Waals surface area contributed by atoms with Crippen LogP contribution in [0.4, 0.5) is 0 Å². The Morgan fingerprint density at radius 2 is 2.22 bits per heavy atom. The van der Waals surface area contributed by atoms with Crippen LogP contribution in [0.15, 0.2) is 36.5 Å². The molecule has 1 atom stereocenters. The van der Waals surface area contributed by atoms with Crippen molar-refractivity contribution in [3.63, 3.8) is 0 Å². The van der Waals surface area contributed by atoms with Gasteiger partial charge in [0.2, 0.25) is 5.88 Å². The van der Waals surface area contributed by atoms with Gasteiger partial charge in [0.15, 0.2) is 6.23 Å². The van der Waals surface area contributed by atoms with Crippen LogP contribution in [0.3, 0.4) is 0 Å². The molecule has 2 heterocycles. The molecule has 0 radical (unpaired) electrons. The Kier molecular flexibility index (Phi) is 4.50. The first kappa shape index (κ1) is 15.8. The monoisotopic (exact) mass is 331 g/mol. The molecular weight excluding hydrogens is 314 g/mol. The lowest BCUT2D eigenvalue weighted by Gasteiger charge is -2.21. The summed E-state index contributed by atoms with van der Waals surface area (Å²) in [5, 5.41) is 3.75. The van der Waals surface area contributed by atoms with Crippen LogP contribution >= 0.6 is 11.6 Å². The van der Waals surface area contributed by atoms with E-state index in [1.165, 1.54) is 17.3 Å². The number of ether oxygens (including phenoxy) is 1. The maximum absolute atomic E-state index is 12.4. The minimum atomic E-state index is -0.335. The van der Waals surface area contributed by atoms with Gasteiger partial charge >= 0.3 is 0 Å². The van der Waals surface area contributed by atoms with Crippen LogP contribution < -0.4 is 10.1 Å². The molecule has 1 aromatic carbocycles. The van der Waals surface area contributed by atoms with E-state index in [1.54, 1.807) is 18.0 Å². The first-order chi connectivity index (χ1) is 11.0. The number of halogens is 1. The first-order valence-corrected chi connectivity index (χ1v) is 7.78. The zero-order valence-electron chi connectivity index (χ0n) is 13.0. The van der Waals surface area contributed by atoms with Crippen LogP contribution in [0.1, 0.15) is 21.5 Å². The number of carbonyl (C=O) groups is 1. The molecule has 6 heteroatoms. The molecule has 0 fully saturated rings. The Balaban J connectivity index is 1.78. The number of nitrogens with zero attached hydrogens (tertiary/aromatic N) is 2. The molecule has 120 valence electrons. The average molecular weight is 332 g/mol. The van der Waals surface area contributed by atoms with Gasteiger partial charge in [-0.1, -0.05) is 35.9 Å². The molecule has 1 aromatic heterocycles. The van der Waals surface area contributed by atoms with E-state index in [2.05, 4.69) is 29.4 Å². The quantitative estimate of drug-likeness (QED) is 0.939. The van der Waals surface area contributed by atoms with Crippen molar-refractivity contribution in [2.45, 2.75) is 19.7 Å². The van der Waals surface area contributed by atoms with E-state index in [1.807, 2.05) is 12.1 Å². The smallest absolute Gasteiger partial charge is 0.259 e. The fourth-order valence-corrected chi connectivity index (χ4v) is 2.68. The highest BCUT2D eigenvalue weighted by molar-refractivity contribution is 6.30. The highest BCUT2D eigenvalue weighted by atomic mass is 35.5. The van der Waals surface area contributed by atoms with Crippen LogP contribution in [0.2, 0.25) is 5.02 Å². The van der Waals surface area contributed by atoms with Gasteiger partial charge in [0.25, 0.3) is 5.91 Å². The molecule has 1 unspecified atom stereocenters. The van der Waals surface area contributed by atoms with E-state index in [-0.39, 0.29) is 12.1 Å². The molecule has 0 bridgehead atoms. The molecule has 2 aromatic rings. The third-order valence-corrected chi connectivity index (χ3v) is 4.08. The van der Waals surface area contributed by atoms with Gasteiger partial charge in [-0.15, -0.1) is 0 Å². The van der Waals surface area contributed by atoms with E-state index >= 15 is 0 Å². The number of carbonyl (C=O) groups excluding carboxylic acids is 1. The predicted molar refractivity (Wildman–Crippen MR) is 88.6 cm³/mol. The van der Waals surface area contributed by atoms with Gasteiger partial charge in [0.1, 0.15) is 5.56 Å². The summed E-state index contributed by atoms with van der Waals surface area (Å²) in [6, 6.07) is 9.75. The fraction of sp³-hybridized carbons (Fsp3) is 0.294. The SMILES string of the molecule is Cc1ccccc1CNC1CN(C)C(=O)c2cc(Cl)cnc2O1. The van der Waals surface area contributed by atoms with Crippen molar-refractivity contribution in [2.24, 2.45) is 0 Å². The maximum atomic E-state index is 12.4. The Bertz CT molecular complexity index is 736. The Morgan fingerprint density at radius 3 is 3.00 bits per heavy atom. The van der Waals surface area contributed by atoms with Gasteiger partial charge in [-0.25, -0.2) is 4.98 Å². The van der Waals surface area contributed by atoms with Crippen molar-refractivity contribution >= 4 is 17.5 Å². The molecular formula is C17H18ClN3O2. The molecule has 1 amide bonds. The molecule has 1 aliphatic rings. The number of hydrogen-bond acceptors (Lipinski definition) is 4. The number of aromatic nitrogens is 1. The second-order valence-electron chi connectivity index (χ2n) is 5.61. The molecule has 1 aliphatic heterocycles. The van der Waals surface area contributed by atoms with Gasteiger partial charge in [0, 0.05) is 19.8 Å². The van der Waals surface area contributed by atoms with Crippen LogP contribution in [0, 0.1) is 6.92 Å². The third kappa shape index (κ3) is 3.46. The number of likely N-dealkylation sites (N-methyl/N-ethyl adjacent to an activating group) is 1. The normalized spacial score (nSPS) is 17.4. The molecule has 0 aliphatic carbocycles. The highest BCUT2D eigenvalue weighted by Crippen LogP contribution is 2.24. The largest absolute Gasteiger partial charge is 0.456 e. The summed E-state index contributed by atoms with van der Waals surface area (Å²) in [6.45, 7) is 3.15. The van der Waals surface area contributed by atoms with Crippen LogP contribution in [0.5, 0.6) is 5.88 Å². The standard InChI is InChI=1S/C17H18ClN3O2/c1-11-5-3-4-6-12(11)8-19-15-10-21(2)17(22)14-7-13(18)9-20-16(14)23-15/h3-7,9,15,19H,8,10H2,1-2H3. The number of benzene rings is 1. The number of aryl methyl sites for hydroxylation is 1. The summed E-state index contributed by atoms with van der Waals surface area (Å²) < 4.78 is 5.87. The second kappa shape index (κ2) is 6.56. The molecule has 5 nitrogen and oxygen atoms in total. The lowest BCUT2D eigenvalue weighted by atomic mass is 10.1. The van der Waals surface area contributed by atoms with E-state index in [9.17, 15) is 4.79 Å². The van der Waals surface area contributed by atoms with E-state index in [0.29, 0.717) is 29.6 Å². The second-order valence-corrected chi connectivity index (χ2v) is 6.04. The molecule has 0 spiro atoms. The fourth-order valence-electron chi connectivity index (χ4n) is 2.52. The van der Waals surface area contributed by atoms with Gasteiger partial charge in [0.05, 0.1) is 11.6 Å². The van der Waals surface area contributed by atoms with Crippen LogP contribution in [0.25, 0.3) is 0 Å². The number of amides is 1. The van der Waals surface area contributed by atoms with E-state index in [0.717, 1.165) is 0 Å². The minimum absolute atomic E-state index is 0.143. The number of nitrogens with one attached hydrogen (secondary N) is 1. The Hall–Kier alpha value is -2.11. The maximum Gasteiger partial charge on any atom is 0.259 e. The zero-order valence-corrected chi connectivity index (χ0v) is 13.8. The zero-order chi connectivity index (χ0) is 16.4. The average Bonchev–Trinajstić information content (AvgIpc) is 2.65. The van der Waals surface area contributed by atoms with Crippen molar-refractivity contribution in [3.8, 4) is 5.88 Å². The third-order valence-electron chi connectivity index (χ3n) is 3.87. The summed E-state index contributed by atoms with van der Waals surface area (Å²) in [5.74, 6) is 0.168. The van der Waals surface area contributed by atoms with Gasteiger partial charge in [-0.3, -0.25) is 10.1 Å². The number of pyridine rings is 1. The van der Waals surface area contributed by atoms with Gasteiger partial charge in [-0.2, -0.15) is 0 Å². The molecule has 0 saturated carbocycles. The van der Waals surface area contributed by atoms with Crippen LogP contribution in [-0.4, -0.2) is 35.6 Å². The summed E-state index contributed by atoms with van der Waals surface area (Å²) in [4.78, 5) is 18.1. The molecule has 23 heavy (non-hydrogen) atoms. The predicted octanol–water partition coefficient (Wildman–Crippen LogP) is 2.62. The van der Waals surface area contributed by atoms with Crippen molar-refractivity contribution in [2.75, 3.05) is 13.6 Å². The lowest BCUT2D eigenvalue weighted by Crippen LogP contribution is -2.43. The number of fused-ring (bicyclic) bond motifs is 1. The van der Waals surface area contributed by atoms with Crippen molar-refractivity contribution in [1.29, 1.82) is 0 Å². The topological polar surface area (TPSA) is 54.5 Å². The molecule has 1 N–H and O–H groups in total. The molecule has 0 saturated heterocycles. The number of hydrogen-bond donors (Lipinski definition) is 1. The van der Waals surface area contributed by atoms with Crippen molar-refractivity contribution < 1.29 is 9.53 Å². The van der Waals surface area contributed by atoms with Gasteiger partial charge in [-0.05, 0) is 24.1 Å². The summed E-state index contributed by atoms with van der Waals surface area (Å²) in [6.07, 6.45) is 1.15. The summed E-state index contributed by atoms with van der Waals surface area (Å²) >= 11 is 5.93. The Labute approximate surface area is 140 Å². The van der Waals surface area contributed by atoms with Crippen molar-refractivity contribution in [3.05, 3.63) is 58.2 Å². The highest BCUT2D eigenvalue weighted by Gasteiger charge is 2.27. The summed E-state index contributed by atoms with van der Waals surface area (Å²) in [5.41, 5.74) is 2.79. The van der Waals surface area contributed by atoms with Crippen LogP contribution in [-0.2, 0) is 6.54 Å². The Morgan fingerprint density at radius 1 is 1.43 bits per heavy atom. The van der Waals surface area contributed by atoms with Gasteiger partial charge < -0.3 is 9.64 Å². The minimum Gasteiger partial charge on any atom is -0.456 e. The lowest BCUT2D eigenvalue weighted by molar-refractivity contribution is 0.0729. The summed E-state index contributed by atoms with van der Waals surface area (Å²) in [7, 11) is 1.74. The van der Waals surface area contributed by atoms with E-state index in [4.69, 9.17) is 16.3 Å². The first-order valence-electron chi connectivity index (χ1n) is 7.40. The molecule has 3 rings (SSSR count). The number of rotatable bonds is 3. The van der Waals surface area contributed by atoms with Crippen molar-refractivity contribution in [1.82, 2.24) is 15.2 Å². The van der Waals surface area contributed by atoms with E-state index < -0.39 is 0 Å².